The molecule has 2 amide bonds. The SMILES string of the molecule is COc1cccc(Nc2c(C(N)=O)cnc3c(C)cc(Sc4cccc(C(=O)N(C)CCOc5ccc(CCNCCc6ccc(OCc7ccccc7)c7[nH]c(=O)ccc67)cc5)c4)cc23)c1. The van der Waals surface area contributed by atoms with Crippen LogP contribution in [-0.4, -0.2) is 67.1 Å². The predicted octanol–water partition coefficient (Wildman–Crippen LogP) is 9.49. The highest BCUT2D eigenvalue weighted by molar-refractivity contribution is 7.99. The fourth-order valence-electron chi connectivity index (χ4n) is 7.82. The molecular weight excluding hydrogens is 861 g/mol. The average molecular weight is 913 g/mol. The Morgan fingerprint density at radius 3 is 2.39 bits per heavy atom. The topological polar surface area (TPSA) is 161 Å². The van der Waals surface area contributed by atoms with Gasteiger partial charge in [-0.1, -0.05) is 72.4 Å². The number of H-pyrrole nitrogens is 1. The van der Waals surface area contributed by atoms with Crippen molar-refractivity contribution in [1.29, 1.82) is 0 Å². The van der Waals surface area contributed by atoms with Crippen molar-refractivity contribution in [2.24, 2.45) is 5.73 Å². The number of pyridine rings is 2. The summed E-state index contributed by atoms with van der Waals surface area (Å²) in [7, 11) is 3.37. The van der Waals surface area contributed by atoms with Crippen LogP contribution >= 0.6 is 11.8 Å². The minimum atomic E-state index is -0.595. The number of methoxy groups -OCH3 is 1. The first-order valence-corrected chi connectivity index (χ1v) is 22.8. The van der Waals surface area contributed by atoms with Crippen LogP contribution in [0, 0.1) is 6.92 Å². The van der Waals surface area contributed by atoms with Crippen molar-refractivity contribution in [3.05, 3.63) is 189 Å². The summed E-state index contributed by atoms with van der Waals surface area (Å²) < 4.78 is 17.5. The van der Waals surface area contributed by atoms with E-state index in [1.165, 1.54) is 23.5 Å². The van der Waals surface area contributed by atoms with Gasteiger partial charge in [-0.3, -0.25) is 19.4 Å². The van der Waals surface area contributed by atoms with Gasteiger partial charge in [-0.25, -0.2) is 0 Å². The van der Waals surface area contributed by atoms with Crippen molar-refractivity contribution in [3.63, 3.8) is 0 Å². The van der Waals surface area contributed by atoms with Gasteiger partial charge >= 0.3 is 0 Å². The largest absolute Gasteiger partial charge is 0.497 e. The Morgan fingerprint density at radius 2 is 1.58 bits per heavy atom. The van der Waals surface area contributed by atoms with E-state index in [1.54, 1.807) is 25.1 Å². The zero-order chi connectivity index (χ0) is 46.7. The number of aromatic nitrogens is 2. The molecule has 2 heterocycles. The predicted molar refractivity (Wildman–Crippen MR) is 266 cm³/mol. The van der Waals surface area contributed by atoms with E-state index in [1.807, 2.05) is 122 Å². The number of amides is 2. The third-order valence-electron chi connectivity index (χ3n) is 11.4. The minimum Gasteiger partial charge on any atom is -0.497 e. The number of primary amides is 1. The van der Waals surface area contributed by atoms with E-state index in [0.29, 0.717) is 48.0 Å². The summed E-state index contributed by atoms with van der Waals surface area (Å²) >= 11 is 1.51. The second-order valence-corrected chi connectivity index (χ2v) is 17.3. The molecule has 0 spiro atoms. The normalized spacial score (nSPS) is 11.1. The number of fused-ring (bicyclic) bond motifs is 2. The van der Waals surface area contributed by atoms with Crippen molar-refractivity contribution < 1.29 is 23.8 Å². The van der Waals surface area contributed by atoms with Gasteiger partial charge in [0.2, 0.25) is 5.56 Å². The molecule has 0 aliphatic rings. The van der Waals surface area contributed by atoms with Crippen molar-refractivity contribution in [3.8, 4) is 17.2 Å². The number of nitrogens with two attached hydrogens (primary N) is 1. The number of benzene rings is 6. The number of aromatic amines is 1. The molecule has 0 unspecified atom stereocenters. The van der Waals surface area contributed by atoms with Crippen LogP contribution in [0.2, 0.25) is 0 Å². The fourth-order valence-corrected chi connectivity index (χ4v) is 8.83. The first kappa shape index (κ1) is 45.9. The number of likely N-dealkylation sites (N-methyl/N-ethyl adjacent to an activating group) is 1. The average Bonchev–Trinajstić information content (AvgIpc) is 3.34. The van der Waals surface area contributed by atoms with Crippen LogP contribution in [0.15, 0.2) is 160 Å². The van der Waals surface area contributed by atoms with Gasteiger partial charge in [0.25, 0.3) is 11.8 Å². The second-order valence-electron chi connectivity index (χ2n) is 16.1. The van der Waals surface area contributed by atoms with Crippen molar-refractivity contribution in [1.82, 2.24) is 20.2 Å². The molecule has 0 bridgehead atoms. The number of carbonyl (C=O) groups excluding carboxylic acids is 2. The Balaban J connectivity index is 0.810. The standard InChI is InChI=1S/C54H52N6O6S/c1-35-29-44(32-46-50(35)57-33-47(53(55)62)51(46)58-40-12-8-13-42(31-40)64-3)67-43-14-7-11-39(30-43)54(63)60(2)27-28-65-41-18-15-36(16-19-41)23-25-56-26-24-38-17-21-48(52-45(38)20-22-49(61)59-52)66-34-37-9-5-4-6-10-37/h4-22,29-33,56H,23-28,34H2,1-3H3,(H2,55,62)(H,57,58)(H,59,61). The maximum absolute atomic E-state index is 13.6. The Morgan fingerprint density at radius 1 is 0.776 bits per heavy atom. The van der Waals surface area contributed by atoms with Crippen LogP contribution in [0.25, 0.3) is 21.8 Å². The number of aryl methyl sites for hydroxylation is 1. The molecule has 12 nitrogen and oxygen atoms in total. The summed E-state index contributed by atoms with van der Waals surface area (Å²) in [4.78, 5) is 49.4. The van der Waals surface area contributed by atoms with E-state index in [9.17, 15) is 14.4 Å². The maximum atomic E-state index is 13.6. The number of anilines is 2. The van der Waals surface area contributed by atoms with Crippen LogP contribution in [0.3, 0.4) is 0 Å². The van der Waals surface area contributed by atoms with Crippen molar-refractivity contribution in [2.75, 3.05) is 45.7 Å². The summed E-state index contributed by atoms with van der Waals surface area (Å²) in [5.74, 6) is 1.36. The molecule has 0 saturated heterocycles. The lowest BCUT2D eigenvalue weighted by Gasteiger charge is -2.18. The third-order valence-corrected chi connectivity index (χ3v) is 12.3. The number of ether oxygens (including phenoxy) is 3. The number of rotatable bonds is 20. The van der Waals surface area contributed by atoms with Gasteiger partial charge in [-0.05, 0) is 122 Å². The molecule has 0 radical (unpaired) electrons. The van der Waals surface area contributed by atoms with Gasteiger partial charge in [0.05, 0.1) is 35.9 Å². The van der Waals surface area contributed by atoms with E-state index in [-0.39, 0.29) is 17.0 Å². The third kappa shape index (κ3) is 11.6. The highest BCUT2D eigenvalue weighted by Gasteiger charge is 2.18. The Bertz CT molecular complexity index is 3090. The van der Waals surface area contributed by atoms with E-state index in [0.717, 1.165) is 80.1 Å². The Hall–Kier alpha value is -7.61. The minimum absolute atomic E-state index is 0.114. The number of carbonyl (C=O) groups is 2. The lowest BCUT2D eigenvalue weighted by Crippen LogP contribution is -2.30. The maximum Gasteiger partial charge on any atom is 0.253 e. The molecule has 67 heavy (non-hydrogen) atoms. The Labute approximate surface area is 393 Å². The monoisotopic (exact) mass is 912 g/mol. The number of hydrogen-bond acceptors (Lipinski definition) is 10. The first-order valence-electron chi connectivity index (χ1n) is 22.0. The summed E-state index contributed by atoms with van der Waals surface area (Å²) in [6.07, 6.45) is 3.15. The van der Waals surface area contributed by atoms with Gasteiger partial charge < -0.3 is 40.5 Å². The number of nitrogens with zero attached hydrogens (tertiary/aromatic N) is 2. The van der Waals surface area contributed by atoms with Crippen LogP contribution in [-0.2, 0) is 19.4 Å². The van der Waals surface area contributed by atoms with Gasteiger partial charge in [0, 0.05) is 57.2 Å². The van der Waals surface area contributed by atoms with Crippen molar-refractivity contribution in [2.45, 2.75) is 36.2 Å². The van der Waals surface area contributed by atoms with Gasteiger partial charge in [-0.2, -0.15) is 0 Å². The van der Waals surface area contributed by atoms with E-state index in [2.05, 4.69) is 38.8 Å². The molecule has 13 heteroatoms. The van der Waals surface area contributed by atoms with Crippen molar-refractivity contribution >= 4 is 56.8 Å². The molecule has 0 atom stereocenters. The molecule has 8 rings (SSSR count). The summed E-state index contributed by atoms with van der Waals surface area (Å²) in [5, 5.41) is 8.65. The van der Waals surface area contributed by atoms with E-state index in [4.69, 9.17) is 19.9 Å². The highest BCUT2D eigenvalue weighted by Crippen LogP contribution is 2.37. The smallest absolute Gasteiger partial charge is 0.253 e. The summed E-state index contributed by atoms with van der Waals surface area (Å²) in [6.45, 7) is 4.72. The van der Waals surface area contributed by atoms with Gasteiger partial charge in [-0.15, -0.1) is 0 Å². The molecule has 5 N–H and O–H groups in total. The molecule has 0 fully saturated rings. The van der Waals surface area contributed by atoms with Gasteiger partial charge in [0.15, 0.2) is 0 Å². The zero-order valence-corrected chi connectivity index (χ0v) is 38.5. The number of hydrogen-bond donors (Lipinski definition) is 4. The number of nitrogens with one attached hydrogen (secondary N) is 3. The lowest BCUT2D eigenvalue weighted by molar-refractivity contribution is 0.0773. The quantitative estimate of drug-likeness (QED) is 0.0543. The molecule has 2 aromatic heterocycles. The summed E-state index contributed by atoms with van der Waals surface area (Å²) in [6, 6.07) is 44.5. The molecule has 6 aromatic carbocycles. The molecule has 0 aliphatic carbocycles. The first-order chi connectivity index (χ1) is 32.6. The van der Waals surface area contributed by atoms with Gasteiger partial charge in [0.1, 0.15) is 30.5 Å². The fraction of sp³-hybridized carbons (Fsp3) is 0.185. The molecule has 340 valence electrons. The zero-order valence-electron chi connectivity index (χ0n) is 37.6. The van der Waals surface area contributed by atoms with Crippen LogP contribution in [0.5, 0.6) is 17.2 Å². The molecule has 0 saturated carbocycles. The van der Waals surface area contributed by atoms with E-state index < -0.39 is 5.91 Å². The molecular formula is C54H52N6O6S. The molecule has 0 aliphatic heterocycles. The van der Waals surface area contributed by atoms with Crippen LogP contribution < -0.4 is 36.1 Å². The summed E-state index contributed by atoms with van der Waals surface area (Å²) in [5.41, 5.74) is 13.5. The van der Waals surface area contributed by atoms with Crippen LogP contribution in [0.4, 0.5) is 11.4 Å². The van der Waals surface area contributed by atoms with E-state index >= 15 is 0 Å². The second kappa shape index (κ2) is 21.6. The Kier molecular flexibility index (Phi) is 14.8. The molecule has 8 aromatic rings. The lowest BCUT2D eigenvalue weighted by atomic mass is 10.0. The highest BCUT2D eigenvalue weighted by atomic mass is 32.2. The van der Waals surface area contributed by atoms with Crippen LogP contribution in [0.1, 0.15) is 43.0 Å².